The molecule has 2 saturated heterocycles. The second-order valence-electron chi connectivity index (χ2n) is 19.4. The third-order valence-corrected chi connectivity index (χ3v) is 14.8. The van der Waals surface area contributed by atoms with E-state index in [-0.39, 0.29) is 79.9 Å². The summed E-state index contributed by atoms with van der Waals surface area (Å²) in [7, 11) is 0. The number of hydrogen-bond donors (Lipinski definition) is 13. The SMILES string of the molecule is O=C[C@]1(/C=C\O[C@@H]2O[C@H](CO)[C@@H](O)[C@H](O)[C@H]2O)CC[C@H](COC(=O)C2=Cc3cc(O)cc(O)c3[C@H](c3ccc(O)cc3)[C@H]2C(=O)OC[C@H]2CC[C@](C=O)(/C=C\O[C@@H]3O[C@H](CO)[C@@H](O)[C@H](O)[C@H]3O)[C@@H](O)C2)C[C@@H]1O. The number of ether oxygens (including phenoxy) is 6. The minimum Gasteiger partial charge on any atom is -0.508 e. The summed E-state index contributed by atoms with van der Waals surface area (Å²) in [6.45, 7) is -2.02. The molecule has 73 heavy (non-hydrogen) atoms. The van der Waals surface area contributed by atoms with Crippen LogP contribution in [-0.4, -0.2) is 191 Å². The molecular formula is C50H62O23. The number of aldehydes is 2. The monoisotopic (exact) mass is 1030 g/mol. The molecule has 23 heteroatoms. The maximum Gasteiger partial charge on any atom is 0.334 e. The third kappa shape index (κ3) is 11.6. The van der Waals surface area contributed by atoms with Crippen LogP contribution < -0.4 is 0 Å². The molecule has 0 radical (unpaired) electrons. The first-order valence-electron chi connectivity index (χ1n) is 23.8. The van der Waals surface area contributed by atoms with E-state index in [1.165, 1.54) is 48.6 Å². The highest BCUT2D eigenvalue weighted by molar-refractivity contribution is 6.02. The summed E-state index contributed by atoms with van der Waals surface area (Å²) in [4.78, 5) is 53.9. The van der Waals surface area contributed by atoms with Crippen LogP contribution in [0, 0.1) is 28.6 Å². The largest absolute Gasteiger partial charge is 0.508 e. The van der Waals surface area contributed by atoms with E-state index in [1.807, 2.05) is 0 Å². The molecule has 2 aromatic rings. The van der Waals surface area contributed by atoms with Gasteiger partial charge in [0.25, 0.3) is 0 Å². The van der Waals surface area contributed by atoms with Gasteiger partial charge in [-0.1, -0.05) is 12.1 Å². The first-order chi connectivity index (χ1) is 34.8. The van der Waals surface area contributed by atoms with Crippen LogP contribution in [-0.2, 0) is 47.6 Å². The zero-order valence-electron chi connectivity index (χ0n) is 39.2. The smallest absolute Gasteiger partial charge is 0.334 e. The molecule has 0 unspecified atom stereocenters. The minimum absolute atomic E-state index is 0.0201. The van der Waals surface area contributed by atoms with Crippen molar-refractivity contribution in [2.75, 3.05) is 26.4 Å². The van der Waals surface area contributed by atoms with Gasteiger partial charge in [0, 0.05) is 17.5 Å². The van der Waals surface area contributed by atoms with E-state index in [0.29, 0.717) is 18.1 Å². The standard InChI is InChI=1S/C50H62O23/c51-18-32-39(60)41(62)43(64)47(72-32)68-11-9-49(22-53)7-5-24(13-34(49)58)20-70-45(66)30-16-27-15-29(56)17-31(57)36(27)37(26-1-3-28(55)4-2-26)38(30)46(67)71-21-25-6-8-50(23-54,35(59)14-25)10-12-69-48-44(65)42(63)40(61)33(19-52)73-48/h1-4,9-12,15-17,22-25,32-35,37-44,47-48,51-52,55-65H,5-8,13-14,18-21H2/b11-9-,12-10-/t24-,25-,32+,33+,34-,35-,37-,38-,39+,40+,41-,42-,43+,44+,47+,48+,49+,50+/m0/s1. The molecule has 5 aliphatic rings. The van der Waals surface area contributed by atoms with Crippen molar-refractivity contribution >= 4 is 30.6 Å². The zero-order valence-corrected chi connectivity index (χ0v) is 39.2. The van der Waals surface area contributed by atoms with Gasteiger partial charge in [-0.15, -0.1) is 0 Å². The van der Waals surface area contributed by atoms with Crippen molar-refractivity contribution < 1.29 is 114 Å². The van der Waals surface area contributed by atoms with Gasteiger partial charge in [-0.2, -0.15) is 0 Å². The number of hydrogen-bond acceptors (Lipinski definition) is 23. The van der Waals surface area contributed by atoms with Gasteiger partial charge in [-0.05, 0) is 97.9 Å². The van der Waals surface area contributed by atoms with Crippen molar-refractivity contribution in [3.8, 4) is 17.2 Å². The number of esters is 2. The maximum atomic E-state index is 14.6. The summed E-state index contributed by atoms with van der Waals surface area (Å²) in [5.41, 5.74) is -2.65. The number of rotatable bonds is 17. The molecule has 4 fully saturated rings. The van der Waals surface area contributed by atoms with E-state index in [9.17, 15) is 85.6 Å². The van der Waals surface area contributed by atoms with Gasteiger partial charge < -0.3 is 104 Å². The Hall–Kier alpha value is -5.54. The van der Waals surface area contributed by atoms with E-state index in [1.54, 1.807) is 0 Å². The molecule has 23 nitrogen and oxygen atoms in total. The number of fused-ring (bicyclic) bond motifs is 1. The number of carbonyl (C=O) groups is 4. The lowest BCUT2D eigenvalue weighted by atomic mass is 9.69. The predicted octanol–water partition coefficient (Wildman–Crippen LogP) is -1.61. The molecule has 13 N–H and O–H groups in total. The fourth-order valence-electron chi connectivity index (χ4n) is 10.2. The quantitative estimate of drug-likeness (QED) is 0.0481. The number of aliphatic hydroxyl groups is 10. The highest BCUT2D eigenvalue weighted by Gasteiger charge is 2.49. The van der Waals surface area contributed by atoms with Gasteiger partial charge in [-0.25, -0.2) is 4.79 Å². The summed E-state index contributed by atoms with van der Waals surface area (Å²) >= 11 is 0. The topological polar surface area (TPSA) is 387 Å². The fraction of sp³-hybridized carbons (Fsp3) is 0.560. The summed E-state index contributed by atoms with van der Waals surface area (Å²) in [5, 5.41) is 134. The molecule has 400 valence electrons. The lowest BCUT2D eigenvalue weighted by Crippen LogP contribution is -2.58. The maximum absolute atomic E-state index is 14.6. The first-order valence-corrected chi connectivity index (χ1v) is 23.8. The van der Waals surface area contributed by atoms with Crippen LogP contribution in [0.25, 0.3) is 6.08 Å². The number of benzene rings is 2. The van der Waals surface area contributed by atoms with Gasteiger partial charge in [-0.3, -0.25) is 4.79 Å². The fourth-order valence-corrected chi connectivity index (χ4v) is 10.2. The van der Waals surface area contributed by atoms with E-state index >= 15 is 0 Å². The van der Waals surface area contributed by atoms with Gasteiger partial charge in [0.2, 0.25) is 12.6 Å². The molecule has 2 heterocycles. The molecule has 3 aliphatic carbocycles. The number of phenolic OH excluding ortho intramolecular Hbond substituents is 3. The van der Waals surface area contributed by atoms with Crippen LogP contribution in [0.1, 0.15) is 61.1 Å². The molecule has 0 amide bonds. The summed E-state index contributed by atoms with van der Waals surface area (Å²) in [6, 6.07) is 7.95. The van der Waals surface area contributed by atoms with Crippen molar-refractivity contribution in [3.05, 3.63) is 83.3 Å². The first kappa shape index (κ1) is 55.2. The number of carbonyl (C=O) groups excluding carboxylic acids is 4. The molecular weight excluding hydrogens is 969 g/mol. The van der Waals surface area contributed by atoms with Gasteiger partial charge >= 0.3 is 11.9 Å². The van der Waals surface area contributed by atoms with E-state index in [2.05, 4.69) is 0 Å². The number of phenols is 3. The van der Waals surface area contributed by atoms with E-state index in [4.69, 9.17) is 28.4 Å². The molecule has 2 aromatic carbocycles. The molecule has 2 saturated carbocycles. The normalized spacial score (nSPS) is 37.7. The molecule has 0 aromatic heterocycles. The van der Waals surface area contributed by atoms with E-state index < -0.39 is 139 Å². The molecule has 2 aliphatic heterocycles. The van der Waals surface area contributed by atoms with Crippen LogP contribution >= 0.6 is 0 Å². The lowest BCUT2D eigenvalue weighted by Gasteiger charge is -2.40. The Balaban J connectivity index is 1.04. The highest BCUT2D eigenvalue weighted by atomic mass is 16.7. The minimum atomic E-state index is -1.72. The highest BCUT2D eigenvalue weighted by Crippen LogP contribution is 2.49. The van der Waals surface area contributed by atoms with E-state index in [0.717, 1.165) is 18.6 Å². The van der Waals surface area contributed by atoms with Crippen LogP contribution in [0.5, 0.6) is 17.2 Å². The third-order valence-electron chi connectivity index (χ3n) is 14.8. The molecule has 18 atom stereocenters. The Morgan fingerprint density at radius 3 is 1.60 bits per heavy atom. The van der Waals surface area contributed by atoms with Crippen LogP contribution in [0.2, 0.25) is 0 Å². The number of aliphatic hydroxyl groups excluding tert-OH is 10. The van der Waals surface area contributed by atoms with Crippen molar-refractivity contribution in [2.24, 2.45) is 28.6 Å². The average Bonchev–Trinajstić information content (AvgIpc) is 3.38. The summed E-state index contributed by atoms with van der Waals surface area (Å²) in [6.07, 6.45) is -11.3. The van der Waals surface area contributed by atoms with Crippen molar-refractivity contribution in [3.63, 3.8) is 0 Å². The van der Waals surface area contributed by atoms with Gasteiger partial charge in [0.15, 0.2) is 0 Å². The van der Waals surface area contributed by atoms with Crippen molar-refractivity contribution in [2.45, 2.75) is 118 Å². The molecule has 0 spiro atoms. The van der Waals surface area contributed by atoms with Crippen LogP contribution in [0.3, 0.4) is 0 Å². The van der Waals surface area contributed by atoms with Gasteiger partial charge in [0.1, 0.15) is 78.7 Å². The Morgan fingerprint density at radius 2 is 1.14 bits per heavy atom. The molecule has 0 bridgehead atoms. The second-order valence-corrected chi connectivity index (χ2v) is 19.4. The summed E-state index contributed by atoms with van der Waals surface area (Å²) in [5.74, 6) is -6.67. The zero-order chi connectivity index (χ0) is 52.9. The van der Waals surface area contributed by atoms with Crippen LogP contribution in [0.15, 0.2) is 66.6 Å². The Morgan fingerprint density at radius 1 is 0.644 bits per heavy atom. The predicted molar refractivity (Wildman–Crippen MR) is 245 cm³/mol. The van der Waals surface area contributed by atoms with Crippen LogP contribution in [0.4, 0.5) is 0 Å². The van der Waals surface area contributed by atoms with Crippen molar-refractivity contribution in [1.29, 1.82) is 0 Å². The second kappa shape index (κ2) is 23.3. The summed E-state index contributed by atoms with van der Waals surface area (Å²) < 4.78 is 33.2. The lowest BCUT2D eigenvalue weighted by molar-refractivity contribution is -0.288. The average molecular weight is 1030 g/mol. The van der Waals surface area contributed by atoms with Crippen molar-refractivity contribution in [1.82, 2.24) is 0 Å². The number of aromatic hydroxyl groups is 3. The van der Waals surface area contributed by atoms with Gasteiger partial charge in [0.05, 0.1) is 73.5 Å². The Labute approximate surface area is 417 Å². The molecule has 7 rings (SSSR count). The Kier molecular flexibility index (Phi) is 17.7. The Bertz CT molecular complexity index is 2350.